The molecule has 2 rings (SSSR count). The van der Waals surface area contributed by atoms with Crippen LogP contribution in [0.4, 0.5) is 0 Å². The molecule has 0 spiro atoms. The quantitative estimate of drug-likeness (QED) is 0.795. The molecule has 0 bridgehead atoms. The Bertz CT molecular complexity index is 500. The van der Waals surface area contributed by atoms with Crippen LogP contribution in [0.2, 0.25) is 0 Å². The number of rotatable bonds is 6. The fourth-order valence-corrected chi connectivity index (χ4v) is 2.21. The van der Waals surface area contributed by atoms with Crippen molar-refractivity contribution in [2.24, 2.45) is 11.8 Å². The van der Waals surface area contributed by atoms with Gasteiger partial charge in [-0.2, -0.15) is 0 Å². The van der Waals surface area contributed by atoms with Crippen LogP contribution in [0.15, 0.2) is 24.3 Å². The van der Waals surface area contributed by atoms with Crippen LogP contribution in [0.25, 0.3) is 0 Å². The number of carbonyl (C=O) groups excluding carboxylic acids is 2. The summed E-state index contributed by atoms with van der Waals surface area (Å²) in [6.07, 6.45) is 0.586. The van der Waals surface area contributed by atoms with E-state index < -0.39 is 0 Å². The van der Waals surface area contributed by atoms with Gasteiger partial charge in [0.2, 0.25) is 5.91 Å². The van der Waals surface area contributed by atoms with Gasteiger partial charge in [-0.15, -0.1) is 0 Å². The Morgan fingerprint density at radius 1 is 1.25 bits per heavy atom. The second-order valence-corrected chi connectivity index (χ2v) is 4.94. The molecule has 0 aliphatic heterocycles. The highest BCUT2D eigenvalue weighted by Crippen LogP contribution is 2.39. The summed E-state index contributed by atoms with van der Waals surface area (Å²) < 4.78 is 9.70. The summed E-state index contributed by atoms with van der Waals surface area (Å²) in [5.74, 6) is -0.880. The molecule has 1 aliphatic carbocycles. The van der Waals surface area contributed by atoms with Gasteiger partial charge in [0.05, 0.1) is 25.6 Å². The summed E-state index contributed by atoms with van der Waals surface area (Å²) in [5, 5.41) is 2.85. The monoisotopic (exact) mass is 277 g/mol. The van der Waals surface area contributed by atoms with Crippen molar-refractivity contribution in [1.82, 2.24) is 5.32 Å². The number of ether oxygens (including phenoxy) is 2. The van der Waals surface area contributed by atoms with Crippen molar-refractivity contribution in [1.29, 1.82) is 0 Å². The van der Waals surface area contributed by atoms with E-state index in [1.165, 1.54) is 7.11 Å². The summed E-state index contributed by atoms with van der Waals surface area (Å²) in [7, 11) is 2.99. The van der Waals surface area contributed by atoms with Crippen molar-refractivity contribution in [3.63, 3.8) is 0 Å². The summed E-state index contributed by atoms with van der Waals surface area (Å²) in [6, 6.07) is 7.85. The van der Waals surface area contributed by atoms with E-state index in [1.807, 2.05) is 24.3 Å². The molecule has 1 saturated carbocycles. The van der Waals surface area contributed by atoms with E-state index in [0.717, 1.165) is 11.1 Å². The van der Waals surface area contributed by atoms with Crippen LogP contribution in [-0.4, -0.2) is 26.1 Å². The van der Waals surface area contributed by atoms with Crippen molar-refractivity contribution in [2.45, 2.75) is 19.6 Å². The van der Waals surface area contributed by atoms with E-state index >= 15 is 0 Å². The number of carbonyl (C=O) groups is 2. The van der Waals surface area contributed by atoms with Gasteiger partial charge in [-0.3, -0.25) is 9.59 Å². The fourth-order valence-electron chi connectivity index (χ4n) is 2.21. The third-order valence-corrected chi connectivity index (χ3v) is 3.40. The minimum Gasteiger partial charge on any atom is -0.469 e. The lowest BCUT2D eigenvalue weighted by molar-refractivity contribution is -0.143. The minimum absolute atomic E-state index is 0.0856. The standard InChI is InChI=1S/C15H19NO4/c1-19-9-11-5-3-4-10(6-11)8-16-14(17)12-7-13(12)15(18)20-2/h3-6,12-13H,7-9H2,1-2H3,(H,16,17)/t12-,13+/m1/s1. The van der Waals surface area contributed by atoms with Gasteiger partial charge in [0.15, 0.2) is 0 Å². The largest absolute Gasteiger partial charge is 0.469 e. The fraction of sp³-hybridized carbons (Fsp3) is 0.467. The Morgan fingerprint density at radius 2 is 2.00 bits per heavy atom. The molecular weight excluding hydrogens is 258 g/mol. The first kappa shape index (κ1) is 14.5. The van der Waals surface area contributed by atoms with Gasteiger partial charge in [0.1, 0.15) is 0 Å². The second-order valence-electron chi connectivity index (χ2n) is 4.94. The topological polar surface area (TPSA) is 64.6 Å². The highest BCUT2D eigenvalue weighted by molar-refractivity contribution is 5.90. The molecule has 5 nitrogen and oxygen atoms in total. The first-order valence-corrected chi connectivity index (χ1v) is 6.58. The molecule has 0 aromatic heterocycles. The Balaban J connectivity index is 1.82. The zero-order valence-corrected chi connectivity index (χ0v) is 11.7. The van der Waals surface area contributed by atoms with E-state index in [1.54, 1.807) is 7.11 Å². The normalized spacial score (nSPS) is 20.3. The van der Waals surface area contributed by atoms with Crippen LogP contribution in [0.3, 0.4) is 0 Å². The molecular formula is C15H19NO4. The van der Waals surface area contributed by atoms with E-state index in [2.05, 4.69) is 10.1 Å². The molecule has 0 heterocycles. The lowest BCUT2D eigenvalue weighted by Gasteiger charge is -2.07. The summed E-state index contributed by atoms with van der Waals surface area (Å²) in [6.45, 7) is 1.01. The maximum absolute atomic E-state index is 11.9. The second kappa shape index (κ2) is 6.52. The lowest BCUT2D eigenvalue weighted by atomic mass is 10.1. The number of esters is 1. The highest BCUT2D eigenvalue weighted by atomic mass is 16.5. The molecule has 1 aromatic carbocycles. The van der Waals surface area contributed by atoms with E-state index in [0.29, 0.717) is 19.6 Å². The Labute approximate surface area is 118 Å². The SMILES string of the molecule is COCc1cccc(CNC(=O)[C@@H]2C[C@@H]2C(=O)OC)c1. The van der Waals surface area contributed by atoms with Crippen LogP contribution < -0.4 is 5.32 Å². The number of methoxy groups -OCH3 is 2. The number of hydrogen-bond donors (Lipinski definition) is 1. The molecule has 5 heteroatoms. The van der Waals surface area contributed by atoms with Gasteiger partial charge < -0.3 is 14.8 Å². The first-order valence-electron chi connectivity index (χ1n) is 6.58. The van der Waals surface area contributed by atoms with Crippen LogP contribution in [0.1, 0.15) is 17.5 Å². The van der Waals surface area contributed by atoms with Crippen LogP contribution in [-0.2, 0) is 32.2 Å². The molecule has 1 amide bonds. The zero-order valence-electron chi connectivity index (χ0n) is 11.7. The van der Waals surface area contributed by atoms with Crippen molar-refractivity contribution >= 4 is 11.9 Å². The zero-order chi connectivity index (χ0) is 14.5. The van der Waals surface area contributed by atoms with E-state index in [9.17, 15) is 9.59 Å². The lowest BCUT2D eigenvalue weighted by Crippen LogP contribution is -2.26. The van der Waals surface area contributed by atoms with Crippen molar-refractivity contribution < 1.29 is 19.1 Å². The third-order valence-electron chi connectivity index (χ3n) is 3.40. The van der Waals surface area contributed by atoms with Crippen molar-refractivity contribution in [2.75, 3.05) is 14.2 Å². The summed E-state index contributed by atoms with van der Waals surface area (Å²) in [5.41, 5.74) is 2.08. The van der Waals surface area contributed by atoms with Crippen LogP contribution in [0.5, 0.6) is 0 Å². The minimum atomic E-state index is -0.299. The molecule has 0 radical (unpaired) electrons. The Kier molecular flexibility index (Phi) is 4.74. The molecule has 1 aromatic rings. The number of amides is 1. The predicted molar refractivity (Wildman–Crippen MR) is 72.6 cm³/mol. The molecule has 108 valence electrons. The Morgan fingerprint density at radius 3 is 2.70 bits per heavy atom. The summed E-state index contributed by atoms with van der Waals surface area (Å²) in [4.78, 5) is 23.1. The first-order chi connectivity index (χ1) is 9.65. The Hall–Kier alpha value is -1.88. The molecule has 1 N–H and O–H groups in total. The number of hydrogen-bond acceptors (Lipinski definition) is 4. The van der Waals surface area contributed by atoms with Crippen LogP contribution >= 0.6 is 0 Å². The molecule has 1 aliphatic rings. The van der Waals surface area contributed by atoms with Crippen LogP contribution in [0, 0.1) is 11.8 Å². The third kappa shape index (κ3) is 3.57. The van der Waals surface area contributed by atoms with E-state index in [-0.39, 0.29) is 23.7 Å². The highest BCUT2D eigenvalue weighted by Gasteiger charge is 2.48. The van der Waals surface area contributed by atoms with Crippen molar-refractivity contribution in [3.8, 4) is 0 Å². The molecule has 2 atom stereocenters. The predicted octanol–water partition coefficient (Wildman–Crippen LogP) is 1.26. The van der Waals surface area contributed by atoms with Crippen molar-refractivity contribution in [3.05, 3.63) is 35.4 Å². The van der Waals surface area contributed by atoms with Gasteiger partial charge in [0, 0.05) is 13.7 Å². The van der Waals surface area contributed by atoms with Gasteiger partial charge in [-0.05, 0) is 17.5 Å². The maximum atomic E-state index is 11.9. The molecule has 0 saturated heterocycles. The van der Waals surface area contributed by atoms with Gasteiger partial charge in [0.25, 0.3) is 0 Å². The average Bonchev–Trinajstić information content (AvgIpc) is 3.25. The number of nitrogens with one attached hydrogen (secondary N) is 1. The maximum Gasteiger partial charge on any atom is 0.309 e. The van der Waals surface area contributed by atoms with Gasteiger partial charge in [-0.25, -0.2) is 0 Å². The summed E-state index contributed by atoms with van der Waals surface area (Å²) >= 11 is 0. The molecule has 20 heavy (non-hydrogen) atoms. The average molecular weight is 277 g/mol. The smallest absolute Gasteiger partial charge is 0.309 e. The van der Waals surface area contributed by atoms with E-state index in [4.69, 9.17) is 4.74 Å². The molecule has 0 unspecified atom stereocenters. The van der Waals surface area contributed by atoms with Gasteiger partial charge in [-0.1, -0.05) is 24.3 Å². The van der Waals surface area contributed by atoms with Gasteiger partial charge >= 0.3 is 5.97 Å². The number of benzene rings is 1. The molecule has 1 fully saturated rings.